The first-order chi connectivity index (χ1) is 15.1. The summed E-state index contributed by atoms with van der Waals surface area (Å²) in [5, 5.41) is 7.06. The van der Waals surface area contributed by atoms with E-state index in [1.807, 2.05) is 36.4 Å². The molecule has 1 fully saturated rings. The first-order valence-corrected chi connectivity index (χ1v) is 11.6. The van der Waals surface area contributed by atoms with Crippen LogP contribution in [0.15, 0.2) is 58.7 Å². The monoisotopic (exact) mass is 432 g/mol. The number of rotatable bonds is 8. The van der Waals surface area contributed by atoms with Gasteiger partial charge in [-0.25, -0.2) is 4.98 Å². The van der Waals surface area contributed by atoms with Crippen molar-refractivity contribution in [2.45, 2.75) is 49.8 Å². The second-order valence-corrected chi connectivity index (χ2v) is 9.02. The molecule has 1 aliphatic rings. The van der Waals surface area contributed by atoms with E-state index >= 15 is 0 Å². The van der Waals surface area contributed by atoms with Crippen molar-refractivity contribution < 1.29 is 0 Å². The van der Waals surface area contributed by atoms with Crippen LogP contribution >= 0.6 is 11.8 Å². The number of aliphatic imine (C=N–C) groups is 1. The molecule has 0 radical (unpaired) electrons. The Bertz CT molecular complexity index is 1040. The van der Waals surface area contributed by atoms with Crippen LogP contribution in [0.2, 0.25) is 0 Å². The molecule has 160 valence electrons. The van der Waals surface area contributed by atoms with Gasteiger partial charge in [0.15, 0.2) is 0 Å². The number of nitrogens with one attached hydrogen (secondary N) is 2. The fraction of sp³-hybridized carbons (Fsp3) is 0.333. The summed E-state index contributed by atoms with van der Waals surface area (Å²) in [6.45, 7) is 8.03. The van der Waals surface area contributed by atoms with Gasteiger partial charge in [-0.05, 0) is 57.0 Å². The van der Waals surface area contributed by atoms with E-state index in [4.69, 9.17) is 9.97 Å². The molecule has 2 unspecified atom stereocenters. The lowest BCUT2D eigenvalue weighted by molar-refractivity contribution is 0.602. The van der Waals surface area contributed by atoms with Crippen molar-refractivity contribution in [1.29, 1.82) is 0 Å². The first-order valence-electron chi connectivity index (χ1n) is 10.6. The van der Waals surface area contributed by atoms with Gasteiger partial charge in [-0.2, -0.15) is 4.98 Å². The Morgan fingerprint density at radius 2 is 2.00 bits per heavy atom. The maximum absolute atomic E-state index is 4.88. The van der Waals surface area contributed by atoms with Crippen LogP contribution in [-0.2, 0) is 5.75 Å². The molecule has 0 saturated heterocycles. The van der Waals surface area contributed by atoms with Crippen molar-refractivity contribution in [3.05, 3.63) is 60.0 Å². The second-order valence-electron chi connectivity index (χ2n) is 8.00. The van der Waals surface area contributed by atoms with Crippen molar-refractivity contribution in [2.24, 2.45) is 10.9 Å². The third-order valence-electron chi connectivity index (χ3n) is 5.58. The summed E-state index contributed by atoms with van der Waals surface area (Å²) in [5.74, 6) is 3.02. The number of aromatic nitrogens is 3. The zero-order chi connectivity index (χ0) is 21.6. The molecule has 6 nitrogen and oxygen atoms in total. The average Bonchev–Trinajstić information content (AvgIpc) is 3.18. The summed E-state index contributed by atoms with van der Waals surface area (Å²) in [5.41, 5.74) is 3.86. The molecule has 0 spiro atoms. The Kier molecular flexibility index (Phi) is 6.82. The first kappa shape index (κ1) is 21.3. The summed E-state index contributed by atoms with van der Waals surface area (Å²) in [6.07, 6.45) is 7.13. The minimum atomic E-state index is 0.448. The molecule has 4 rings (SSSR count). The highest BCUT2D eigenvalue weighted by Gasteiger charge is 2.23. The highest BCUT2D eigenvalue weighted by atomic mass is 32.2. The van der Waals surface area contributed by atoms with Gasteiger partial charge < -0.3 is 10.6 Å². The molecule has 2 aromatic heterocycles. The normalized spacial score (nSPS) is 18.0. The number of nitrogens with zero attached hydrogens (tertiary/aromatic N) is 4. The van der Waals surface area contributed by atoms with Crippen molar-refractivity contribution >= 4 is 41.6 Å². The Balaban J connectivity index is 1.61. The van der Waals surface area contributed by atoms with E-state index in [0.717, 1.165) is 45.0 Å². The van der Waals surface area contributed by atoms with Crippen LogP contribution in [0.25, 0.3) is 0 Å². The summed E-state index contributed by atoms with van der Waals surface area (Å²) in [7, 11) is 0. The van der Waals surface area contributed by atoms with E-state index in [9.17, 15) is 0 Å². The van der Waals surface area contributed by atoms with E-state index < -0.39 is 0 Å². The highest BCUT2D eigenvalue weighted by Crippen LogP contribution is 2.35. The van der Waals surface area contributed by atoms with Gasteiger partial charge in [-0.15, -0.1) is 11.8 Å². The van der Waals surface area contributed by atoms with Gasteiger partial charge in [0, 0.05) is 39.8 Å². The maximum Gasteiger partial charge on any atom is 0.229 e. The molecule has 1 aromatic carbocycles. The molecule has 2 N–H and O–H groups in total. The highest BCUT2D eigenvalue weighted by molar-refractivity contribution is 7.98. The predicted molar refractivity (Wildman–Crippen MR) is 130 cm³/mol. The number of para-hydroxylation sites is 1. The SMILES string of the molecule is C=Nc1cnccc1SCc1c(C)nc(Nc2ccccc2)nc1NC1CCC(C)C1. The molecule has 2 atom stereocenters. The Labute approximate surface area is 188 Å². The lowest BCUT2D eigenvalue weighted by Crippen LogP contribution is -2.19. The van der Waals surface area contributed by atoms with Gasteiger partial charge in [-0.1, -0.05) is 25.1 Å². The maximum atomic E-state index is 4.88. The van der Waals surface area contributed by atoms with Crippen molar-refractivity contribution in [1.82, 2.24) is 15.0 Å². The number of pyridine rings is 1. The summed E-state index contributed by atoms with van der Waals surface area (Å²) in [4.78, 5) is 18.9. The molecule has 7 heteroatoms. The van der Waals surface area contributed by atoms with Gasteiger partial charge in [0.1, 0.15) is 5.82 Å². The fourth-order valence-electron chi connectivity index (χ4n) is 3.89. The van der Waals surface area contributed by atoms with Crippen LogP contribution < -0.4 is 10.6 Å². The van der Waals surface area contributed by atoms with Crippen LogP contribution in [0.5, 0.6) is 0 Å². The minimum Gasteiger partial charge on any atom is -0.367 e. The van der Waals surface area contributed by atoms with Crippen molar-refractivity contribution in [3.8, 4) is 0 Å². The summed E-state index contributed by atoms with van der Waals surface area (Å²) < 4.78 is 0. The molecule has 31 heavy (non-hydrogen) atoms. The smallest absolute Gasteiger partial charge is 0.229 e. The minimum absolute atomic E-state index is 0.448. The quantitative estimate of drug-likeness (QED) is 0.328. The van der Waals surface area contributed by atoms with Crippen LogP contribution in [-0.4, -0.2) is 27.7 Å². The van der Waals surface area contributed by atoms with Gasteiger partial charge >= 0.3 is 0 Å². The third-order valence-corrected chi connectivity index (χ3v) is 6.67. The third kappa shape index (κ3) is 5.41. The summed E-state index contributed by atoms with van der Waals surface area (Å²) >= 11 is 1.71. The molecular weight excluding hydrogens is 404 g/mol. The van der Waals surface area contributed by atoms with Gasteiger partial charge in [0.2, 0.25) is 5.95 Å². The molecule has 0 aliphatic heterocycles. The molecule has 2 heterocycles. The van der Waals surface area contributed by atoms with E-state index in [0.29, 0.717) is 12.0 Å². The Hall–Kier alpha value is -2.93. The van der Waals surface area contributed by atoms with E-state index in [1.54, 1.807) is 24.2 Å². The Morgan fingerprint density at radius 3 is 2.74 bits per heavy atom. The lowest BCUT2D eigenvalue weighted by atomic mass is 10.1. The summed E-state index contributed by atoms with van der Waals surface area (Å²) in [6, 6.07) is 12.4. The zero-order valence-corrected chi connectivity index (χ0v) is 18.8. The number of anilines is 3. The van der Waals surface area contributed by atoms with Crippen molar-refractivity contribution in [2.75, 3.05) is 10.6 Å². The van der Waals surface area contributed by atoms with Gasteiger partial charge in [0.25, 0.3) is 0 Å². The van der Waals surface area contributed by atoms with Gasteiger partial charge in [-0.3, -0.25) is 9.98 Å². The number of hydrogen-bond donors (Lipinski definition) is 2. The Morgan fingerprint density at radius 1 is 1.16 bits per heavy atom. The van der Waals surface area contributed by atoms with Crippen LogP contribution in [0.1, 0.15) is 37.4 Å². The topological polar surface area (TPSA) is 75.1 Å². The number of thioether (sulfide) groups is 1. The molecule has 1 saturated carbocycles. The molecule has 1 aliphatic carbocycles. The van der Waals surface area contributed by atoms with E-state index in [-0.39, 0.29) is 0 Å². The van der Waals surface area contributed by atoms with Crippen molar-refractivity contribution in [3.63, 3.8) is 0 Å². The average molecular weight is 433 g/mol. The molecule has 0 amide bonds. The lowest BCUT2D eigenvalue weighted by Gasteiger charge is -2.19. The van der Waals surface area contributed by atoms with Crippen LogP contribution in [0, 0.1) is 12.8 Å². The standard InChI is InChI=1S/C24H28N6S/c1-16-9-10-19(13-16)28-23-20(15-31-22-11-12-26-14-21(22)25-3)17(2)27-24(30-23)29-18-7-5-4-6-8-18/h4-8,11-12,14,16,19H,3,9-10,13,15H2,1-2H3,(H2,27,28,29,30). The zero-order valence-electron chi connectivity index (χ0n) is 18.0. The second kappa shape index (κ2) is 9.92. The fourth-order valence-corrected chi connectivity index (χ4v) is 4.96. The van der Waals surface area contributed by atoms with Crippen LogP contribution in [0.4, 0.5) is 23.1 Å². The van der Waals surface area contributed by atoms with Crippen LogP contribution in [0.3, 0.4) is 0 Å². The van der Waals surface area contributed by atoms with Gasteiger partial charge in [0.05, 0.1) is 11.9 Å². The molecular formula is C24H28N6S. The molecule has 3 aromatic rings. The largest absolute Gasteiger partial charge is 0.367 e. The predicted octanol–water partition coefficient (Wildman–Crippen LogP) is 6.15. The number of hydrogen-bond acceptors (Lipinski definition) is 7. The van der Waals surface area contributed by atoms with E-state index in [1.165, 1.54) is 19.3 Å². The molecule has 0 bridgehead atoms. The number of aryl methyl sites for hydroxylation is 1. The number of benzene rings is 1. The van der Waals surface area contributed by atoms with E-state index in [2.05, 4.69) is 41.2 Å².